The van der Waals surface area contributed by atoms with E-state index in [0.717, 1.165) is 0 Å². The van der Waals surface area contributed by atoms with Gasteiger partial charge in [0.15, 0.2) is 0 Å². The van der Waals surface area contributed by atoms with Gasteiger partial charge in [-0.25, -0.2) is 4.79 Å². The Labute approximate surface area is 110 Å². The second-order valence-corrected chi connectivity index (χ2v) is 4.56. The number of carbonyl (C=O) groups is 2. The minimum Gasteiger partial charge on any atom is -0.398 e. The number of urea groups is 1. The first-order valence-electron chi connectivity index (χ1n) is 4.56. The third kappa shape index (κ3) is 2.27. The van der Waals surface area contributed by atoms with Gasteiger partial charge in [-0.1, -0.05) is 11.6 Å². The number of benzene rings is 1. The van der Waals surface area contributed by atoms with Crippen molar-refractivity contribution in [3.8, 4) is 0 Å². The lowest BCUT2D eigenvalue weighted by atomic mass is 10.1. The number of carbonyl (C=O) groups excluding carboxylic acids is 2. The monoisotopic (exact) mass is 315 g/mol. The number of amides is 3. The van der Waals surface area contributed by atoms with E-state index in [1.54, 1.807) is 12.1 Å². The lowest BCUT2D eigenvalue weighted by molar-refractivity contribution is -0.115. The predicted octanol–water partition coefficient (Wildman–Crippen LogP) is 1.86. The van der Waals surface area contributed by atoms with Crippen LogP contribution in [0, 0.1) is 0 Å². The summed E-state index contributed by atoms with van der Waals surface area (Å²) in [6, 6.07) is 2.79. The van der Waals surface area contributed by atoms with E-state index >= 15 is 0 Å². The fourth-order valence-corrected chi connectivity index (χ4v) is 1.93. The normalized spacial score (nSPS) is 17.2. The number of nitrogens with two attached hydrogens (primary N) is 1. The molecule has 0 aromatic heterocycles. The van der Waals surface area contributed by atoms with Crippen LogP contribution < -0.4 is 16.4 Å². The lowest BCUT2D eigenvalue weighted by Crippen LogP contribution is -2.22. The zero-order valence-corrected chi connectivity index (χ0v) is 10.7. The lowest BCUT2D eigenvalue weighted by Gasteiger charge is -2.05. The van der Waals surface area contributed by atoms with Crippen molar-refractivity contribution in [2.45, 2.75) is 0 Å². The first kappa shape index (κ1) is 11.9. The van der Waals surface area contributed by atoms with E-state index in [2.05, 4.69) is 26.6 Å². The largest absolute Gasteiger partial charge is 0.398 e. The van der Waals surface area contributed by atoms with Gasteiger partial charge in [0, 0.05) is 15.7 Å². The van der Waals surface area contributed by atoms with Gasteiger partial charge >= 0.3 is 6.03 Å². The summed E-state index contributed by atoms with van der Waals surface area (Å²) >= 11 is 9.30. The van der Waals surface area contributed by atoms with Gasteiger partial charge in [0.1, 0.15) is 5.70 Å². The topological polar surface area (TPSA) is 84.2 Å². The van der Waals surface area contributed by atoms with Gasteiger partial charge in [-0.05, 0) is 34.1 Å². The van der Waals surface area contributed by atoms with Crippen LogP contribution in [0.3, 0.4) is 0 Å². The first-order chi connectivity index (χ1) is 7.99. The van der Waals surface area contributed by atoms with Crippen molar-refractivity contribution < 1.29 is 9.59 Å². The maximum Gasteiger partial charge on any atom is 0.326 e. The second-order valence-electron chi connectivity index (χ2n) is 3.33. The maximum atomic E-state index is 11.3. The minimum atomic E-state index is -0.564. The fourth-order valence-electron chi connectivity index (χ4n) is 1.35. The molecule has 7 heteroatoms. The average molecular weight is 317 g/mol. The molecule has 1 heterocycles. The molecule has 5 nitrogen and oxygen atoms in total. The molecule has 4 N–H and O–H groups in total. The van der Waals surface area contributed by atoms with Crippen molar-refractivity contribution in [1.82, 2.24) is 10.6 Å². The summed E-state index contributed by atoms with van der Waals surface area (Å²) in [5.41, 5.74) is 6.76. The zero-order chi connectivity index (χ0) is 12.6. The van der Waals surface area contributed by atoms with Crippen molar-refractivity contribution in [2.24, 2.45) is 0 Å². The van der Waals surface area contributed by atoms with E-state index in [0.29, 0.717) is 20.7 Å². The van der Waals surface area contributed by atoms with E-state index in [4.69, 9.17) is 17.3 Å². The third-order valence-corrected chi connectivity index (χ3v) is 3.47. The van der Waals surface area contributed by atoms with Crippen molar-refractivity contribution in [1.29, 1.82) is 0 Å². The Morgan fingerprint density at radius 3 is 2.59 bits per heavy atom. The average Bonchev–Trinajstić information content (AvgIpc) is 2.58. The number of imide groups is 1. The Morgan fingerprint density at radius 2 is 2.00 bits per heavy atom. The summed E-state index contributed by atoms with van der Waals surface area (Å²) in [7, 11) is 0. The molecule has 88 valence electrons. The Kier molecular flexibility index (Phi) is 3.08. The summed E-state index contributed by atoms with van der Waals surface area (Å²) in [5.74, 6) is -0.509. The van der Waals surface area contributed by atoms with Gasteiger partial charge in [0.25, 0.3) is 5.91 Å². The number of hydrogen-bond acceptors (Lipinski definition) is 3. The van der Waals surface area contributed by atoms with Crippen LogP contribution in [0.4, 0.5) is 10.5 Å². The molecule has 0 atom stereocenters. The number of rotatable bonds is 1. The smallest absolute Gasteiger partial charge is 0.326 e. The molecule has 1 aliphatic heterocycles. The Balaban J connectivity index is 2.49. The Morgan fingerprint density at radius 1 is 1.29 bits per heavy atom. The minimum absolute atomic E-state index is 0.113. The highest BCUT2D eigenvalue weighted by Gasteiger charge is 2.23. The van der Waals surface area contributed by atoms with Gasteiger partial charge in [0.05, 0.1) is 5.02 Å². The van der Waals surface area contributed by atoms with Crippen LogP contribution in [-0.2, 0) is 4.79 Å². The number of nitrogens with one attached hydrogen (secondary N) is 2. The highest BCUT2D eigenvalue weighted by molar-refractivity contribution is 9.10. The summed E-state index contributed by atoms with van der Waals surface area (Å²) in [6.45, 7) is 0. The van der Waals surface area contributed by atoms with Crippen molar-refractivity contribution in [3.63, 3.8) is 0 Å². The molecule has 1 aliphatic rings. The molecule has 3 amide bonds. The van der Waals surface area contributed by atoms with E-state index in [1.807, 2.05) is 0 Å². The molecule has 17 heavy (non-hydrogen) atoms. The van der Waals surface area contributed by atoms with Crippen LogP contribution in [-0.4, -0.2) is 11.9 Å². The molecule has 0 radical (unpaired) electrons. The van der Waals surface area contributed by atoms with Crippen LogP contribution in [0.25, 0.3) is 6.08 Å². The maximum absolute atomic E-state index is 11.3. The quantitative estimate of drug-likeness (QED) is 0.420. The van der Waals surface area contributed by atoms with Crippen LogP contribution in [0.15, 0.2) is 22.3 Å². The molecule has 0 aliphatic carbocycles. The highest BCUT2D eigenvalue weighted by atomic mass is 79.9. The molecule has 0 spiro atoms. The van der Waals surface area contributed by atoms with E-state index in [9.17, 15) is 9.59 Å². The molecule has 0 saturated carbocycles. The molecule has 1 saturated heterocycles. The summed E-state index contributed by atoms with van der Waals surface area (Å²) < 4.78 is 0.657. The van der Waals surface area contributed by atoms with Gasteiger partial charge in [-0.15, -0.1) is 0 Å². The van der Waals surface area contributed by atoms with Gasteiger partial charge < -0.3 is 11.1 Å². The number of hydrogen-bond donors (Lipinski definition) is 3. The van der Waals surface area contributed by atoms with Crippen LogP contribution in [0.1, 0.15) is 5.56 Å². The van der Waals surface area contributed by atoms with Gasteiger partial charge in [0.2, 0.25) is 0 Å². The van der Waals surface area contributed by atoms with Gasteiger partial charge in [-0.2, -0.15) is 0 Å². The van der Waals surface area contributed by atoms with E-state index in [1.165, 1.54) is 6.08 Å². The molecule has 1 aromatic rings. The summed E-state index contributed by atoms with van der Waals surface area (Å²) in [5, 5.41) is 4.83. The molecule has 1 aromatic carbocycles. The van der Waals surface area contributed by atoms with Gasteiger partial charge in [-0.3, -0.25) is 10.1 Å². The summed E-state index contributed by atoms with van der Waals surface area (Å²) in [4.78, 5) is 22.3. The SMILES string of the molecule is Nc1ccc(Br)c(Cl)c1C=C1NC(=O)NC1=O. The number of nitrogen functional groups attached to an aromatic ring is 1. The summed E-state index contributed by atoms with van der Waals surface area (Å²) in [6.07, 6.45) is 1.43. The van der Waals surface area contributed by atoms with Crippen molar-refractivity contribution in [2.75, 3.05) is 5.73 Å². The van der Waals surface area contributed by atoms with Crippen LogP contribution in [0.5, 0.6) is 0 Å². The zero-order valence-electron chi connectivity index (χ0n) is 8.38. The molecular formula is C10H7BrClN3O2. The second kappa shape index (κ2) is 4.38. The Hall–Kier alpha value is -1.53. The highest BCUT2D eigenvalue weighted by Crippen LogP contribution is 2.32. The molecule has 2 rings (SSSR count). The fraction of sp³-hybridized carbons (Fsp3) is 0. The molecule has 0 unspecified atom stereocenters. The van der Waals surface area contributed by atoms with Crippen molar-refractivity contribution in [3.05, 3.63) is 32.9 Å². The number of halogens is 2. The van der Waals surface area contributed by atoms with Crippen LogP contribution >= 0.6 is 27.5 Å². The van der Waals surface area contributed by atoms with E-state index in [-0.39, 0.29) is 5.70 Å². The van der Waals surface area contributed by atoms with Crippen LogP contribution in [0.2, 0.25) is 5.02 Å². The van der Waals surface area contributed by atoms with E-state index < -0.39 is 11.9 Å². The van der Waals surface area contributed by atoms with Crippen molar-refractivity contribution >= 4 is 51.2 Å². The number of anilines is 1. The molecule has 0 bridgehead atoms. The third-order valence-electron chi connectivity index (χ3n) is 2.17. The standard InChI is InChI=1S/C10H7BrClN3O2/c11-5-1-2-6(13)4(8(5)12)3-7-9(16)15-10(17)14-7/h1-3H,13H2,(H2,14,15,16,17). The molecule has 1 fully saturated rings. The Bertz CT molecular complexity index is 557. The predicted molar refractivity (Wildman–Crippen MR) is 68.2 cm³/mol. The first-order valence-corrected chi connectivity index (χ1v) is 5.73. The molecular weight excluding hydrogens is 309 g/mol.